The molecule has 2 nitrogen and oxygen atoms in total. The summed E-state index contributed by atoms with van der Waals surface area (Å²) in [6, 6.07) is 3.89. The van der Waals surface area contributed by atoms with Crippen molar-refractivity contribution in [2.75, 3.05) is 12.0 Å². The van der Waals surface area contributed by atoms with E-state index in [2.05, 4.69) is 0 Å². The minimum atomic E-state index is -3.41. The van der Waals surface area contributed by atoms with Crippen molar-refractivity contribution in [1.82, 2.24) is 0 Å². The van der Waals surface area contributed by atoms with Crippen molar-refractivity contribution in [3.05, 3.63) is 35.0 Å². The molecule has 1 heterocycles. The Morgan fingerprint density at radius 3 is 2.80 bits per heavy atom. The maximum absolute atomic E-state index is 12.9. The molecule has 0 bridgehead atoms. The maximum atomic E-state index is 12.9. The molecule has 5 heteroatoms. The highest BCUT2D eigenvalue weighted by Crippen LogP contribution is 2.35. The van der Waals surface area contributed by atoms with Crippen LogP contribution in [-0.2, 0) is 9.84 Å². The average molecular weight is 244 g/mol. The molecule has 0 saturated carbocycles. The van der Waals surface area contributed by atoms with Crippen LogP contribution in [0.5, 0.6) is 0 Å². The molecule has 0 N–H and O–H groups in total. The number of sulfone groups is 1. The summed E-state index contributed by atoms with van der Waals surface area (Å²) in [7, 11) is -3.41. The van der Waals surface area contributed by atoms with Crippen LogP contribution in [0.15, 0.2) is 28.5 Å². The molecule has 15 heavy (non-hydrogen) atoms. The Labute approximate surface area is 92.1 Å². The third-order valence-electron chi connectivity index (χ3n) is 2.19. The molecule has 1 aromatic carbocycles. The van der Waals surface area contributed by atoms with Crippen LogP contribution in [0.1, 0.15) is 5.56 Å². The predicted octanol–water partition coefficient (Wildman–Crippen LogP) is 2.32. The fourth-order valence-corrected chi connectivity index (χ4v) is 3.73. The van der Waals surface area contributed by atoms with E-state index in [0.717, 1.165) is 11.6 Å². The first-order valence-electron chi connectivity index (χ1n) is 4.29. The lowest BCUT2D eigenvalue weighted by atomic mass is 10.1. The van der Waals surface area contributed by atoms with E-state index >= 15 is 0 Å². The first kappa shape index (κ1) is 10.7. The highest BCUT2D eigenvalue weighted by atomic mass is 32.2. The van der Waals surface area contributed by atoms with E-state index < -0.39 is 15.7 Å². The Morgan fingerprint density at radius 2 is 2.13 bits per heavy atom. The molecule has 0 fully saturated rings. The number of hydrogen-bond donors (Lipinski definition) is 0. The predicted molar refractivity (Wildman–Crippen MR) is 59.9 cm³/mol. The Hall–Kier alpha value is -0.810. The summed E-state index contributed by atoms with van der Waals surface area (Å²) in [5.74, 6) is 0.105. The second-order valence-electron chi connectivity index (χ2n) is 3.26. The van der Waals surface area contributed by atoms with Crippen molar-refractivity contribution in [2.45, 2.75) is 4.90 Å². The molecule has 0 amide bonds. The van der Waals surface area contributed by atoms with Crippen LogP contribution in [0.25, 0.3) is 5.57 Å². The lowest BCUT2D eigenvalue weighted by Crippen LogP contribution is -1.94. The van der Waals surface area contributed by atoms with E-state index in [4.69, 9.17) is 0 Å². The summed E-state index contributed by atoms with van der Waals surface area (Å²) >= 11 is 1.54. The number of halogens is 1. The molecule has 2 rings (SSSR count). The fourth-order valence-electron chi connectivity index (χ4n) is 1.58. The topological polar surface area (TPSA) is 34.1 Å². The third kappa shape index (κ3) is 1.81. The molecular formula is C10H9FO2S2. The molecule has 80 valence electrons. The average Bonchev–Trinajstić information content (AvgIpc) is 2.39. The zero-order valence-corrected chi connectivity index (χ0v) is 9.66. The molecule has 0 aromatic heterocycles. The minimum Gasteiger partial charge on any atom is -0.219 e. The van der Waals surface area contributed by atoms with Gasteiger partial charge < -0.3 is 0 Å². The highest BCUT2D eigenvalue weighted by molar-refractivity contribution is 7.99. The fraction of sp³-hybridized carbons (Fsp3) is 0.200. The van der Waals surface area contributed by atoms with Gasteiger partial charge in [0.1, 0.15) is 5.82 Å². The first-order valence-corrected chi connectivity index (χ1v) is 7.23. The van der Waals surface area contributed by atoms with E-state index in [-0.39, 0.29) is 4.90 Å². The Kier molecular flexibility index (Phi) is 2.60. The second kappa shape index (κ2) is 3.64. The van der Waals surface area contributed by atoms with Crippen molar-refractivity contribution < 1.29 is 12.8 Å². The standard InChI is InChI=1S/C10H9FO2S2/c1-14-5-7-6-15(12,13)10-4-8(11)2-3-9(7)10/h2-4,6H,5H2,1H3. The van der Waals surface area contributed by atoms with Gasteiger partial charge in [-0.15, -0.1) is 0 Å². The molecule has 0 atom stereocenters. The van der Waals surface area contributed by atoms with Crippen molar-refractivity contribution in [3.8, 4) is 0 Å². The first-order chi connectivity index (χ1) is 7.04. The molecule has 0 radical (unpaired) electrons. The zero-order chi connectivity index (χ0) is 11.1. The molecule has 0 saturated heterocycles. The summed E-state index contributed by atoms with van der Waals surface area (Å²) in [6.45, 7) is 0. The van der Waals surface area contributed by atoms with Crippen LogP contribution in [0, 0.1) is 5.82 Å². The number of thioether (sulfide) groups is 1. The smallest absolute Gasteiger partial charge is 0.200 e. The summed E-state index contributed by atoms with van der Waals surface area (Å²) in [6.07, 6.45) is 1.90. The van der Waals surface area contributed by atoms with Gasteiger partial charge in [-0.25, -0.2) is 12.8 Å². The van der Waals surface area contributed by atoms with Crippen LogP contribution < -0.4 is 0 Å². The van der Waals surface area contributed by atoms with Crippen LogP contribution >= 0.6 is 11.8 Å². The van der Waals surface area contributed by atoms with E-state index in [0.29, 0.717) is 11.3 Å². The van der Waals surface area contributed by atoms with Gasteiger partial charge in [0.05, 0.1) is 4.90 Å². The molecular weight excluding hydrogens is 235 g/mol. The van der Waals surface area contributed by atoms with Gasteiger partial charge >= 0.3 is 0 Å². The van der Waals surface area contributed by atoms with Gasteiger partial charge in [-0.3, -0.25) is 0 Å². The third-order valence-corrected chi connectivity index (χ3v) is 4.34. The summed E-state index contributed by atoms with van der Waals surface area (Å²) in [5.41, 5.74) is 1.38. The van der Waals surface area contributed by atoms with E-state index in [1.807, 2.05) is 6.26 Å². The number of hydrogen-bond acceptors (Lipinski definition) is 3. The monoisotopic (exact) mass is 244 g/mol. The van der Waals surface area contributed by atoms with Crippen LogP contribution in [0.3, 0.4) is 0 Å². The van der Waals surface area contributed by atoms with Gasteiger partial charge in [-0.05, 0) is 29.5 Å². The molecule has 0 spiro atoms. The van der Waals surface area contributed by atoms with Gasteiger partial charge in [0.15, 0.2) is 0 Å². The van der Waals surface area contributed by atoms with Gasteiger partial charge in [0.25, 0.3) is 0 Å². The van der Waals surface area contributed by atoms with Crippen molar-refractivity contribution >= 4 is 27.2 Å². The van der Waals surface area contributed by atoms with Crippen LogP contribution in [0.2, 0.25) is 0 Å². The molecule has 1 aromatic rings. The summed E-state index contributed by atoms with van der Waals surface area (Å²) < 4.78 is 36.2. The second-order valence-corrected chi connectivity index (χ2v) is 5.89. The van der Waals surface area contributed by atoms with E-state index in [9.17, 15) is 12.8 Å². The SMILES string of the molecule is CSCC1=CS(=O)(=O)c2cc(F)ccc21. The van der Waals surface area contributed by atoms with Gasteiger partial charge in [0, 0.05) is 11.2 Å². The summed E-state index contributed by atoms with van der Waals surface area (Å²) in [4.78, 5) is 0.0894. The van der Waals surface area contributed by atoms with Crippen molar-refractivity contribution in [3.63, 3.8) is 0 Å². The zero-order valence-electron chi connectivity index (χ0n) is 8.03. The van der Waals surface area contributed by atoms with Gasteiger partial charge in [0.2, 0.25) is 9.84 Å². The molecule has 1 aliphatic rings. The van der Waals surface area contributed by atoms with Crippen LogP contribution in [0.4, 0.5) is 4.39 Å². The normalized spacial score (nSPS) is 17.3. The molecule has 1 aliphatic heterocycles. The lowest BCUT2D eigenvalue weighted by Gasteiger charge is -2.01. The minimum absolute atomic E-state index is 0.0894. The van der Waals surface area contributed by atoms with Crippen molar-refractivity contribution in [2.24, 2.45) is 0 Å². The van der Waals surface area contributed by atoms with E-state index in [1.54, 1.807) is 11.8 Å². The lowest BCUT2D eigenvalue weighted by molar-refractivity contribution is 0.599. The Morgan fingerprint density at radius 1 is 1.40 bits per heavy atom. The molecule has 0 aliphatic carbocycles. The largest absolute Gasteiger partial charge is 0.219 e. The van der Waals surface area contributed by atoms with Gasteiger partial charge in [-0.1, -0.05) is 6.07 Å². The quantitative estimate of drug-likeness (QED) is 0.800. The molecule has 0 unspecified atom stereocenters. The maximum Gasteiger partial charge on any atom is 0.200 e. The van der Waals surface area contributed by atoms with Gasteiger partial charge in [-0.2, -0.15) is 11.8 Å². The number of rotatable bonds is 2. The highest BCUT2D eigenvalue weighted by Gasteiger charge is 2.26. The Bertz CT molecular complexity index is 532. The number of benzene rings is 1. The van der Waals surface area contributed by atoms with Crippen molar-refractivity contribution in [1.29, 1.82) is 0 Å². The van der Waals surface area contributed by atoms with Crippen LogP contribution in [-0.4, -0.2) is 20.4 Å². The number of fused-ring (bicyclic) bond motifs is 1. The Balaban J connectivity index is 2.62. The summed E-state index contributed by atoms with van der Waals surface area (Å²) in [5, 5.41) is 1.23. The van der Waals surface area contributed by atoms with E-state index in [1.165, 1.54) is 17.5 Å².